The molecule has 0 aliphatic carbocycles. The number of ether oxygens (including phenoxy) is 2. The molecule has 5 rings (SSSR count). The maximum Gasteiger partial charge on any atom is 0.167 e. The molecule has 2 N–H and O–H groups in total. The van der Waals surface area contributed by atoms with E-state index < -0.39 is 5.60 Å². The number of pyridine rings is 1. The number of anilines is 1. The van der Waals surface area contributed by atoms with Gasteiger partial charge in [0.15, 0.2) is 11.5 Å². The highest BCUT2D eigenvalue weighted by Gasteiger charge is 2.36. The Bertz CT molecular complexity index is 1030. The quantitative estimate of drug-likeness (QED) is 0.625. The summed E-state index contributed by atoms with van der Waals surface area (Å²) < 4.78 is 13.3. The van der Waals surface area contributed by atoms with Crippen molar-refractivity contribution in [2.75, 3.05) is 31.3 Å². The molecule has 2 fully saturated rings. The molecule has 3 aromatic heterocycles. The molecule has 0 saturated carbocycles. The number of hydrogen-bond donors (Lipinski definition) is 2. The molecule has 31 heavy (non-hydrogen) atoms. The number of hydrogen-bond acceptors (Lipinski definition) is 7. The lowest BCUT2D eigenvalue weighted by atomic mass is 9.84. The van der Waals surface area contributed by atoms with Gasteiger partial charge >= 0.3 is 0 Å². The molecule has 3 atom stereocenters. The molecule has 166 valence electrons. The Hall–Kier alpha value is -2.49. The Labute approximate surface area is 181 Å². The lowest BCUT2D eigenvalue weighted by Gasteiger charge is -2.36. The monoisotopic (exact) mass is 426 g/mol. The molecule has 2 aliphatic rings. The van der Waals surface area contributed by atoms with Gasteiger partial charge in [-0.3, -0.25) is 5.10 Å². The number of H-pyrrole nitrogens is 1. The Morgan fingerprint density at radius 3 is 2.97 bits per heavy atom. The van der Waals surface area contributed by atoms with E-state index in [2.05, 4.69) is 27.1 Å². The van der Waals surface area contributed by atoms with Crippen LogP contribution in [0.1, 0.15) is 45.1 Å². The van der Waals surface area contributed by atoms with Gasteiger partial charge in [-0.2, -0.15) is 14.9 Å². The van der Waals surface area contributed by atoms with Gasteiger partial charge in [0.05, 0.1) is 43.4 Å². The van der Waals surface area contributed by atoms with Crippen molar-refractivity contribution in [3.05, 3.63) is 30.1 Å². The molecular formula is C22H30N6O3. The number of morpholine rings is 1. The summed E-state index contributed by atoms with van der Waals surface area (Å²) in [5.41, 5.74) is 0.534. The molecule has 0 bridgehead atoms. The first-order valence-corrected chi connectivity index (χ1v) is 11.2. The number of aromatic amines is 1. The zero-order chi connectivity index (χ0) is 21.4. The molecule has 9 nitrogen and oxygen atoms in total. The maximum absolute atomic E-state index is 11.9. The second kappa shape index (κ2) is 8.22. The summed E-state index contributed by atoms with van der Waals surface area (Å²) in [5, 5.41) is 24.3. The largest absolute Gasteiger partial charge is 0.385 e. The smallest absolute Gasteiger partial charge is 0.167 e. The van der Waals surface area contributed by atoms with E-state index >= 15 is 0 Å². The number of nitrogens with one attached hydrogen (secondary N) is 1. The lowest BCUT2D eigenvalue weighted by molar-refractivity contribution is -0.0255. The molecule has 0 amide bonds. The van der Waals surface area contributed by atoms with E-state index in [-0.39, 0.29) is 12.1 Å². The van der Waals surface area contributed by atoms with Crippen molar-refractivity contribution in [1.29, 1.82) is 0 Å². The average Bonchev–Trinajstić information content (AvgIpc) is 3.54. The minimum Gasteiger partial charge on any atom is -0.385 e. The maximum atomic E-state index is 11.9. The number of aliphatic hydroxyl groups is 1. The van der Waals surface area contributed by atoms with Crippen LogP contribution in [-0.2, 0) is 15.1 Å². The third kappa shape index (κ3) is 3.71. The van der Waals surface area contributed by atoms with Crippen molar-refractivity contribution in [1.82, 2.24) is 25.0 Å². The van der Waals surface area contributed by atoms with Crippen LogP contribution < -0.4 is 4.90 Å². The lowest BCUT2D eigenvalue weighted by Crippen LogP contribution is -2.44. The first kappa shape index (κ1) is 20.4. The third-order valence-corrected chi connectivity index (χ3v) is 6.58. The van der Waals surface area contributed by atoms with Crippen LogP contribution in [0.25, 0.3) is 16.9 Å². The van der Waals surface area contributed by atoms with Gasteiger partial charge in [-0.25, -0.2) is 4.98 Å². The summed E-state index contributed by atoms with van der Waals surface area (Å²) in [6.07, 6.45) is 6.73. The van der Waals surface area contributed by atoms with Crippen molar-refractivity contribution in [2.45, 2.75) is 57.3 Å². The molecular weight excluding hydrogens is 396 g/mol. The molecule has 3 aromatic rings. The average molecular weight is 427 g/mol. The van der Waals surface area contributed by atoms with Crippen LogP contribution >= 0.6 is 0 Å². The second-order valence-corrected chi connectivity index (χ2v) is 8.61. The summed E-state index contributed by atoms with van der Waals surface area (Å²) in [5.74, 6) is 1.57. The predicted octanol–water partition coefficient (Wildman–Crippen LogP) is 2.54. The molecule has 0 spiro atoms. The fraction of sp³-hybridized carbons (Fsp3) is 0.591. The summed E-state index contributed by atoms with van der Waals surface area (Å²) >= 11 is 0. The minimum absolute atomic E-state index is 0.0709. The summed E-state index contributed by atoms with van der Waals surface area (Å²) in [6.45, 7) is 7.00. The fourth-order valence-corrected chi connectivity index (χ4v) is 4.76. The highest BCUT2D eigenvalue weighted by atomic mass is 16.5. The van der Waals surface area contributed by atoms with Crippen LogP contribution in [-0.4, -0.2) is 68.6 Å². The van der Waals surface area contributed by atoms with Crippen molar-refractivity contribution < 1.29 is 14.6 Å². The SMILES string of the molecule is CCC(O)(C[C@H]1CCCO1)c1cc(N2CCOC[C@H]2C)nc2c1cnn2-c1ccn[nH]1. The zero-order valence-electron chi connectivity index (χ0n) is 18.1. The van der Waals surface area contributed by atoms with E-state index in [9.17, 15) is 5.11 Å². The van der Waals surface area contributed by atoms with Gasteiger partial charge in [0.25, 0.3) is 0 Å². The topological polar surface area (TPSA) is 101 Å². The van der Waals surface area contributed by atoms with Crippen molar-refractivity contribution >= 4 is 16.9 Å². The fourth-order valence-electron chi connectivity index (χ4n) is 4.76. The highest BCUT2D eigenvalue weighted by molar-refractivity contribution is 5.83. The van der Waals surface area contributed by atoms with Gasteiger partial charge in [0.2, 0.25) is 0 Å². The van der Waals surface area contributed by atoms with E-state index in [0.717, 1.165) is 48.6 Å². The summed E-state index contributed by atoms with van der Waals surface area (Å²) in [4.78, 5) is 7.24. The van der Waals surface area contributed by atoms with E-state index in [1.807, 2.05) is 19.1 Å². The highest BCUT2D eigenvalue weighted by Crippen LogP contribution is 2.39. The Morgan fingerprint density at radius 1 is 1.35 bits per heavy atom. The number of nitrogens with zero attached hydrogens (tertiary/aromatic N) is 5. The van der Waals surface area contributed by atoms with Gasteiger partial charge in [-0.15, -0.1) is 0 Å². The first-order valence-electron chi connectivity index (χ1n) is 11.2. The Morgan fingerprint density at radius 2 is 2.26 bits per heavy atom. The van der Waals surface area contributed by atoms with E-state index in [4.69, 9.17) is 14.5 Å². The van der Waals surface area contributed by atoms with E-state index in [0.29, 0.717) is 31.7 Å². The molecule has 1 unspecified atom stereocenters. The first-order chi connectivity index (χ1) is 15.1. The van der Waals surface area contributed by atoms with Crippen molar-refractivity contribution in [3.8, 4) is 5.82 Å². The second-order valence-electron chi connectivity index (χ2n) is 8.61. The van der Waals surface area contributed by atoms with Crippen LogP contribution in [0.2, 0.25) is 0 Å². The third-order valence-electron chi connectivity index (χ3n) is 6.58. The molecule has 5 heterocycles. The van der Waals surface area contributed by atoms with E-state index in [1.165, 1.54) is 0 Å². The van der Waals surface area contributed by atoms with Gasteiger partial charge in [0.1, 0.15) is 5.82 Å². The van der Waals surface area contributed by atoms with Crippen LogP contribution in [0.4, 0.5) is 5.82 Å². The van der Waals surface area contributed by atoms with Crippen LogP contribution in [0, 0.1) is 0 Å². The molecule has 0 radical (unpaired) electrons. The zero-order valence-corrected chi connectivity index (χ0v) is 18.1. The predicted molar refractivity (Wildman–Crippen MR) is 116 cm³/mol. The molecule has 0 aromatic carbocycles. The molecule has 9 heteroatoms. The molecule has 2 saturated heterocycles. The van der Waals surface area contributed by atoms with Crippen LogP contribution in [0.3, 0.4) is 0 Å². The van der Waals surface area contributed by atoms with E-state index in [1.54, 1.807) is 17.1 Å². The van der Waals surface area contributed by atoms with Gasteiger partial charge in [-0.1, -0.05) is 6.92 Å². The van der Waals surface area contributed by atoms with Gasteiger partial charge < -0.3 is 19.5 Å². The minimum atomic E-state index is -1.03. The number of fused-ring (bicyclic) bond motifs is 1. The van der Waals surface area contributed by atoms with Crippen LogP contribution in [0.5, 0.6) is 0 Å². The number of rotatable bonds is 6. The Balaban J connectivity index is 1.66. The van der Waals surface area contributed by atoms with Gasteiger partial charge in [-0.05, 0) is 37.8 Å². The standard InChI is InChI=1S/C22H30N6O3/c1-3-22(29,12-16-5-4-9-31-16)18-11-20(27-8-10-30-14-15(27)2)25-21-17(18)13-24-28(21)19-6-7-23-26-19/h6-7,11,13,15-16,29H,3-5,8-10,12,14H2,1-2H3,(H,23,26)/t15-,16-,22?/m1/s1. The number of aromatic nitrogens is 5. The van der Waals surface area contributed by atoms with Crippen molar-refractivity contribution in [2.24, 2.45) is 0 Å². The summed E-state index contributed by atoms with van der Waals surface area (Å²) in [7, 11) is 0. The summed E-state index contributed by atoms with van der Waals surface area (Å²) in [6, 6.07) is 4.10. The van der Waals surface area contributed by atoms with Crippen molar-refractivity contribution in [3.63, 3.8) is 0 Å². The normalized spacial score (nSPS) is 24.0. The van der Waals surface area contributed by atoms with Gasteiger partial charge in [0, 0.05) is 31.0 Å². The van der Waals surface area contributed by atoms with Crippen LogP contribution in [0.15, 0.2) is 24.5 Å². The molecule has 2 aliphatic heterocycles. The Kier molecular flexibility index (Phi) is 5.41.